The zero-order valence-corrected chi connectivity index (χ0v) is 12.8. The summed E-state index contributed by atoms with van der Waals surface area (Å²) in [6.45, 7) is 11.5. The maximum absolute atomic E-state index is 5.13. The van der Waals surface area contributed by atoms with Crippen LogP contribution in [0.1, 0.15) is 30.5 Å². The maximum atomic E-state index is 5.13. The van der Waals surface area contributed by atoms with Gasteiger partial charge in [0.1, 0.15) is 0 Å². The predicted octanol–water partition coefficient (Wildman–Crippen LogP) is 2.71. The van der Waals surface area contributed by atoms with Gasteiger partial charge in [0.15, 0.2) is 0 Å². The van der Waals surface area contributed by atoms with Gasteiger partial charge in [-0.1, -0.05) is 20.8 Å². The number of hydrogen-bond donors (Lipinski definition) is 1. The average molecular weight is 270 g/mol. The van der Waals surface area contributed by atoms with Crippen LogP contribution in [0.3, 0.4) is 0 Å². The van der Waals surface area contributed by atoms with Crippen LogP contribution in [-0.2, 0) is 17.8 Å². The Hall–Kier alpha value is -0.420. The molecular weight excluding hydrogens is 244 g/mol. The van der Waals surface area contributed by atoms with Crippen molar-refractivity contribution in [3.8, 4) is 0 Å². The smallest absolute Gasteiger partial charge is 0.0589 e. The van der Waals surface area contributed by atoms with Crippen molar-refractivity contribution in [2.24, 2.45) is 0 Å². The van der Waals surface area contributed by atoms with Gasteiger partial charge >= 0.3 is 0 Å². The quantitative estimate of drug-likeness (QED) is 0.747. The maximum Gasteiger partial charge on any atom is 0.0589 e. The minimum atomic E-state index is 0.546. The zero-order valence-electron chi connectivity index (χ0n) is 12.0. The summed E-state index contributed by atoms with van der Waals surface area (Å²) in [6, 6.07) is 5.03. The molecule has 0 spiro atoms. The molecule has 1 aromatic heterocycles. The van der Waals surface area contributed by atoms with E-state index in [0.717, 1.165) is 32.8 Å². The van der Waals surface area contributed by atoms with Crippen molar-refractivity contribution in [3.05, 3.63) is 21.9 Å². The van der Waals surface area contributed by atoms with Crippen molar-refractivity contribution in [1.82, 2.24) is 10.2 Å². The minimum Gasteiger partial charge on any atom is -0.383 e. The zero-order chi connectivity index (χ0) is 13.4. The van der Waals surface area contributed by atoms with Crippen LogP contribution in [0, 0.1) is 0 Å². The van der Waals surface area contributed by atoms with Crippen LogP contribution in [0.15, 0.2) is 12.1 Å². The molecule has 0 aliphatic carbocycles. The van der Waals surface area contributed by atoms with Gasteiger partial charge in [0, 0.05) is 42.5 Å². The van der Waals surface area contributed by atoms with Gasteiger partial charge in [-0.3, -0.25) is 4.90 Å². The van der Waals surface area contributed by atoms with Gasteiger partial charge in [-0.25, -0.2) is 0 Å². The summed E-state index contributed by atoms with van der Waals surface area (Å²) in [5, 5.41) is 3.45. The highest BCUT2D eigenvalue weighted by Gasteiger charge is 2.06. The summed E-state index contributed by atoms with van der Waals surface area (Å²) >= 11 is 1.91. The van der Waals surface area contributed by atoms with Crippen molar-refractivity contribution in [3.63, 3.8) is 0 Å². The molecule has 0 aliphatic rings. The van der Waals surface area contributed by atoms with Crippen molar-refractivity contribution < 1.29 is 4.74 Å². The fourth-order valence-electron chi connectivity index (χ4n) is 1.70. The molecule has 0 unspecified atom stereocenters. The third kappa shape index (κ3) is 5.96. The highest BCUT2D eigenvalue weighted by atomic mass is 32.1. The van der Waals surface area contributed by atoms with Crippen LogP contribution >= 0.6 is 11.3 Å². The first-order valence-corrected chi connectivity index (χ1v) is 7.49. The summed E-state index contributed by atoms with van der Waals surface area (Å²) in [6.07, 6.45) is 0. The first-order valence-electron chi connectivity index (χ1n) is 6.68. The lowest BCUT2D eigenvalue weighted by molar-refractivity contribution is 0.148. The molecule has 0 bridgehead atoms. The molecule has 1 heterocycles. The van der Waals surface area contributed by atoms with E-state index in [1.165, 1.54) is 9.75 Å². The third-order valence-electron chi connectivity index (χ3n) is 2.84. The number of likely N-dealkylation sites (N-methyl/N-ethyl adjacent to an activating group) is 1. The lowest BCUT2D eigenvalue weighted by atomic mass is 10.3. The van der Waals surface area contributed by atoms with Crippen molar-refractivity contribution in [2.75, 3.05) is 26.8 Å². The number of rotatable bonds is 9. The molecule has 0 saturated heterocycles. The number of methoxy groups -OCH3 is 1. The molecule has 0 atom stereocenters. The van der Waals surface area contributed by atoms with E-state index >= 15 is 0 Å². The molecule has 104 valence electrons. The lowest BCUT2D eigenvalue weighted by Gasteiger charge is -2.18. The number of thiophene rings is 1. The number of hydrogen-bond acceptors (Lipinski definition) is 4. The molecule has 18 heavy (non-hydrogen) atoms. The van der Waals surface area contributed by atoms with E-state index in [9.17, 15) is 0 Å². The Kier molecular flexibility index (Phi) is 7.51. The second-order valence-corrected chi connectivity index (χ2v) is 6.02. The van der Waals surface area contributed by atoms with Gasteiger partial charge in [-0.2, -0.15) is 0 Å². The molecule has 0 aromatic carbocycles. The number of ether oxygens (including phenoxy) is 1. The summed E-state index contributed by atoms with van der Waals surface area (Å²) in [5.74, 6) is 0. The number of nitrogens with one attached hydrogen (secondary N) is 1. The largest absolute Gasteiger partial charge is 0.383 e. The predicted molar refractivity (Wildman–Crippen MR) is 79.1 cm³/mol. The molecule has 0 saturated carbocycles. The van der Waals surface area contributed by atoms with Crippen molar-refractivity contribution >= 4 is 11.3 Å². The molecule has 4 heteroatoms. The summed E-state index contributed by atoms with van der Waals surface area (Å²) in [7, 11) is 1.76. The van der Waals surface area contributed by atoms with E-state index < -0.39 is 0 Å². The highest BCUT2D eigenvalue weighted by molar-refractivity contribution is 7.11. The molecule has 3 nitrogen and oxygen atoms in total. The molecule has 1 N–H and O–H groups in total. The van der Waals surface area contributed by atoms with E-state index in [1.807, 2.05) is 11.3 Å². The lowest BCUT2D eigenvalue weighted by Crippen LogP contribution is -2.26. The third-order valence-corrected chi connectivity index (χ3v) is 3.91. The Morgan fingerprint density at radius 3 is 2.67 bits per heavy atom. The Morgan fingerprint density at radius 2 is 2.06 bits per heavy atom. The van der Waals surface area contributed by atoms with Crippen LogP contribution in [0.4, 0.5) is 0 Å². The van der Waals surface area contributed by atoms with Crippen LogP contribution in [0.2, 0.25) is 0 Å². The minimum absolute atomic E-state index is 0.546. The fraction of sp³-hybridized carbons (Fsp3) is 0.714. The van der Waals surface area contributed by atoms with E-state index in [0.29, 0.717) is 6.04 Å². The molecule has 0 amide bonds. The van der Waals surface area contributed by atoms with Crippen LogP contribution in [0.25, 0.3) is 0 Å². The second kappa shape index (κ2) is 8.64. The van der Waals surface area contributed by atoms with E-state index in [2.05, 4.69) is 43.1 Å². The normalized spacial score (nSPS) is 11.7. The van der Waals surface area contributed by atoms with E-state index in [4.69, 9.17) is 4.74 Å². The SMILES string of the molecule is CCN(CCOC)Cc1ccc(CNC(C)C)s1. The monoisotopic (exact) mass is 270 g/mol. The first-order chi connectivity index (χ1) is 8.65. The van der Waals surface area contributed by atoms with Gasteiger partial charge < -0.3 is 10.1 Å². The summed E-state index contributed by atoms with van der Waals surface area (Å²) in [5.41, 5.74) is 0. The van der Waals surface area contributed by atoms with Crippen molar-refractivity contribution in [2.45, 2.75) is 39.9 Å². The Labute approximate surface area is 115 Å². The second-order valence-electron chi connectivity index (χ2n) is 4.77. The first kappa shape index (κ1) is 15.6. The highest BCUT2D eigenvalue weighted by Crippen LogP contribution is 2.18. The number of nitrogens with zero attached hydrogens (tertiary/aromatic N) is 1. The molecule has 1 aromatic rings. The molecule has 0 fully saturated rings. The fourth-order valence-corrected chi connectivity index (χ4v) is 2.71. The Morgan fingerprint density at radius 1 is 1.33 bits per heavy atom. The molecular formula is C14H26N2OS. The van der Waals surface area contributed by atoms with Gasteiger partial charge in [0.2, 0.25) is 0 Å². The van der Waals surface area contributed by atoms with Gasteiger partial charge in [-0.15, -0.1) is 11.3 Å². The molecule has 0 aliphatic heterocycles. The van der Waals surface area contributed by atoms with Crippen LogP contribution in [0.5, 0.6) is 0 Å². The summed E-state index contributed by atoms with van der Waals surface area (Å²) in [4.78, 5) is 5.27. The summed E-state index contributed by atoms with van der Waals surface area (Å²) < 4.78 is 5.13. The van der Waals surface area contributed by atoms with Gasteiger partial charge in [-0.05, 0) is 18.7 Å². The van der Waals surface area contributed by atoms with Gasteiger partial charge in [0.05, 0.1) is 6.61 Å². The Bertz CT molecular complexity index is 325. The molecule has 0 radical (unpaired) electrons. The Balaban J connectivity index is 2.41. The average Bonchev–Trinajstić information content (AvgIpc) is 2.79. The van der Waals surface area contributed by atoms with Crippen LogP contribution in [-0.4, -0.2) is 37.7 Å². The van der Waals surface area contributed by atoms with Crippen molar-refractivity contribution in [1.29, 1.82) is 0 Å². The van der Waals surface area contributed by atoms with Gasteiger partial charge in [0.25, 0.3) is 0 Å². The topological polar surface area (TPSA) is 24.5 Å². The van der Waals surface area contributed by atoms with E-state index in [1.54, 1.807) is 7.11 Å². The van der Waals surface area contributed by atoms with Crippen LogP contribution < -0.4 is 5.32 Å². The van der Waals surface area contributed by atoms with E-state index in [-0.39, 0.29) is 0 Å². The standard InChI is InChI=1S/C14H26N2OS/c1-5-16(8-9-17-4)11-14-7-6-13(18-14)10-15-12(2)3/h6-7,12,15H,5,8-11H2,1-4H3. The molecule has 1 rings (SSSR count).